The molecule has 2 unspecified atom stereocenters. The largest absolute Gasteiger partial charge is 0.375 e. The highest BCUT2D eigenvalue weighted by Crippen LogP contribution is 2.20. The van der Waals surface area contributed by atoms with Gasteiger partial charge < -0.3 is 15.0 Å². The summed E-state index contributed by atoms with van der Waals surface area (Å²) < 4.78 is 5.41. The second-order valence-electron chi connectivity index (χ2n) is 5.36. The maximum atomic E-state index is 12.4. The van der Waals surface area contributed by atoms with Gasteiger partial charge in [0.05, 0.1) is 13.2 Å². The Balaban J connectivity index is 2.65. The summed E-state index contributed by atoms with van der Waals surface area (Å²) in [4.78, 5) is 25.9. The lowest BCUT2D eigenvalue weighted by molar-refractivity contribution is -0.154. The first-order chi connectivity index (χ1) is 8.81. The van der Waals surface area contributed by atoms with Crippen molar-refractivity contribution in [1.82, 2.24) is 10.2 Å². The number of ether oxygens (including phenoxy) is 1. The lowest BCUT2D eigenvalue weighted by atomic mass is 9.92. The predicted molar refractivity (Wildman–Crippen MR) is 73.6 cm³/mol. The Morgan fingerprint density at radius 1 is 1.53 bits per heavy atom. The van der Waals surface area contributed by atoms with E-state index < -0.39 is 11.6 Å². The first-order valence-electron chi connectivity index (χ1n) is 6.67. The molecule has 1 rings (SSSR count). The van der Waals surface area contributed by atoms with Gasteiger partial charge in [0.2, 0.25) is 11.8 Å². The third-order valence-corrected chi connectivity index (χ3v) is 3.51. The molecule has 1 fully saturated rings. The van der Waals surface area contributed by atoms with E-state index in [1.807, 2.05) is 13.8 Å². The summed E-state index contributed by atoms with van der Waals surface area (Å²) in [6.45, 7) is 12.3. The van der Waals surface area contributed by atoms with Crippen LogP contribution in [0.5, 0.6) is 0 Å². The molecule has 5 nitrogen and oxygen atoms in total. The van der Waals surface area contributed by atoms with Crippen molar-refractivity contribution in [2.75, 3.05) is 19.8 Å². The van der Waals surface area contributed by atoms with Crippen molar-refractivity contribution in [3.8, 4) is 0 Å². The highest BCUT2D eigenvalue weighted by molar-refractivity contribution is 5.99. The molecule has 0 aromatic carbocycles. The Labute approximate surface area is 115 Å². The number of nitrogens with zero attached hydrogens (tertiary/aromatic N) is 1. The third kappa shape index (κ3) is 3.56. The molecule has 1 N–H and O–H groups in total. The number of amides is 2. The van der Waals surface area contributed by atoms with Gasteiger partial charge in [-0.25, -0.2) is 0 Å². The standard InChI is InChI=1S/C14H24N2O3/c1-6-14(5)13(18)16(11(4)12(17)15-14)7-8-19-9-10(2)3/h11H,2,6-9H2,1,3-5H3,(H,15,17). The fraction of sp³-hybridized carbons (Fsp3) is 0.714. The van der Waals surface area contributed by atoms with Crippen LogP contribution in [0.4, 0.5) is 0 Å². The Morgan fingerprint density at radius 2 is 2.16 bits per heavy atom. The van der Waals surface area contributed by atoms with Crippen LogP contribution >= 0.6 is 0 Å². The Hall–Kier alpha value is -1.36. The molecule has 0 spiro atoms. The summed E-state index contributed by atoms with van der Waals surface area (Å²) in [6.07, 6.45) is 0.577. The van der Waals surface area contributed by atoms with E-state index in [2.05, 4.69) is 11.9 Å². The molecule has 108 valence electrons. The van der Waals surface area contributed by atoms with E-state index in [9.17, 15) is 9.59 Å². The summed E-state index contributed by atoms with van der Waals surface area (Å²) in [6, 6.07) is -0.444. The number of piperazine rings is 1. The number of rotatable bonds is 6. The van der Waals surface area contributed by atoms with Gasteiger partial charge in [-0.2, -0.15) is 0 Å². The quantitative estimate of drug-likeness (QED) is 0.579. The van der Waals surface area contributed by atoms with Gasteiger partial charge in [0.25, 0.3) is 0 Å². The second kappa shape index (κ2) is 6.19. The molecule has 1 aliphatic rings. The van der Waals surface area contributed by atoms with E-state index in [0.717, 1.165) is 5.57 Å². The van der Waals surface area contributed by atoms with Gasteiger partial charge in [-0.3, -0.25) is 9.59 Å². The lowest BCUT2D eigenvalue weighted by Gasteiger charge is -2.42. The molecule has 2 atom stereocenters. The monoisotopic (exact) mass is 268 g/mol. The van der Waals surface area contributed by atoms with E-state index in [1.165, 1.54) is 0 Å². The van der Waals surface area contributed by atoms with Crippen molar-refractivity contribution < 1.29 is 14.3 Å². The lowest BCUT2D eigenvalue weighted by Crippen LogP contribution is -2.68. The zero-order chi connectivity index (χ0) is 14.6. The second-order valence-corrected chi connectivity index (χ2v) is 5.36. The maximum Gasteiger partial charge on any atom is 0.248 e. The molecule has 0 saturated carbocycles. The number of hydrogen-bond donors (Lipinski definition) is 1. The van der Waals surface area contributed by atoms with Crippen LogP contribution in [-0.4, -0.2) is 48.1 Å². The molecule has 2 amide bonds. The van der Waals surface area contributed by atoms with E-state index in [-0.39, 0.29) is 11.8 Å². The van der Waals surface area contributed by atoms with Crippen LogP contribution in [0.25, 0.3) is 0 Å². The first kappa shape index (κ1) is 15.7. The van der Waals surface area contributed by atoms with Gasteiger partial charge in [-0.05, 0) is 27.2 Å². The fourth-order valence-corrected chi connectivity index (χ4v) is 2.01. The minimum absolute atomic E-state index is 0.0407. The van der Waals surface area contributed by atoms with Crippen LogP contribution in [0, 0.1) is 0 Å². The number of carbonyl (C=O) groups is 2. The van der Waals surface area contributed by atoms with Crippen molar-refractivity contribution in [1.29, 1.82) is 0 Å². The third-order valence-electron chi connectivity index (χ3n) is 3.51. The Bertz CT molecular complexity index is 381. The molecule has 0 radical (unpaired) electrons. The van der Waals surface area contributed by atoms with Gasteiger partial charge in [0.15, 0.2) is 0 Å². The van der Waals surface area contributed by atoms with Gasteiger partial charge in [-0.1, -0.05) is 19.1 Å². The molecule has 0 aromatic rings. The topological polar surface area (TPSA) is 58.6 Å². The molecule has 19 heavy (non-hydrogen) atoms. The van der Waals surface area contributed by atoms with Crippen molar-refractivity contribution in [3.05, 3.63) is 12.2 Å². The van der Waals surface area contributed by atoms with E-state index in [4.69, 9.17) is 4.74 Å². The molecular weight excluding hydrogens is 244 g/mol. The van der Waals surface area contributed by atoms with Gasteiger partial charge in [0, 0.05) is 6.54 Å². The average Bonchev–Trinajstić information content (AvgIpc) is 2.35. The SMILES string of the molecule is C=C(C)COCCN1C(=O)C(C)(CC)NC(=O)C1C. The number of nitrogens with one attached hydrogen (secondary N) is 1. The van der Waals surface area contributed by atoms with Gasteiger partial charge >= 0.3 is 0 Å². The molecule has 1 saturated heterocycles. The molecule has 1 aliphatic heterocycles. The zero-order valence-corrected chi connectivity index (χ0v) is 12.3. The molecule has 0 aliphatic carbocycles. The first-order valence-corrected chi connectivity index (χ1v) is 6.67. The molecule has 1 heterocycles. The minimum atomic E-state index is -0.794. The van der Waals surface area contributed by atoms with Crippen LogP contribution in [0.3, 0.4) is 0 Å². The predicted octanol–water partition coefficient (Wildman–Crippen LogP) is 1.09. The highest BCUT2D eigenvalue weighted by Gasteiger charge is 2.44. The van der Waals surface area contributed by atoms with Crippen molar-refractivity contribution >= 4 is 11.8 Å². The molecule has 0 bridgehead atoms. The summed E-state index contributed by atoms with van der Waals surface area (Å²) >= 11 is 0. The summed E-state index contributed by atoms with van der Waals surface area (Å²) in [7, 11) is 0. The van der Waals surface area contributed by atoms with Crippen LogP contribution < -0.4 is 5.32 Å². The summed E-state index contributed by atoms with van der Waals surface area (Å²) in [5, 5.41) is 2.80. The molecular formula is C14H24N2O3. The van der Waals surface area contributed by atoms with Crippen molar-refractivity contribution in [3.63, 3.8) is 0 Å². The van der Waals surface area contributed by atoms with Crippen LogP contribution in [0.2, 0.25) is 0 Å². The molecule has 5 heteroatoms. The number of carbonyl (C=O) groups excluding carboxylic acids is 2. The van der Waals surface area contributed by atoms with Crippen LogP contribution in [-0.2, 0) is 14.3 Å². The molecule has 0 aromatic heterocycles. The smallest absolute Gasteiger partial charge is 0.248 e. The van der Waals surface area contributed by atoms with E-state index >= 15 is 0 Å². The normalized spacial score (nSPS) is 27.4. The zero-order valence-electron chi connectivity index (χ0n) is 12.3. The van der Waals surface area contributed by atoms with Gasteiger partial charge in [-0.15, -0.1) is 0 Å². The fourth-order valence-electron chi connectivity index (χ4n) is 2.01. The van der Waals surface area contributed by atoms with Crippen LogP contribution in [0.1, 0.15) is 34.1 Å². The summed E-state index contributed by atoms with van der Waals surface area (Å²) in [5.74, 6) is -0.148. The Kier molecular flexibility index (Phi) is 5.11. The average molecular weight is 268 g/mol. The highest BCUT2D eigenvalue weighted by atomic mass is 16.5. The summed E-state index contributed by atoms with van der Waals surface area (Å²) in [5.41, 5.74) is 0.145. The van der Waals surface area contributed by atoms with E-state index in [0.29, 0.717) is 26.2 Å². The number of hydrogen-bond acceptors (Lipinski definition) is 3. The van der Waals surface area contributed by atoms with Crippen LogP contribution in [0.15, 0.2) is 12.2 Å². The maximum absolute atomic E-state index is 12.4. The van der Waals surface area contributed by atoms with Crippen molar-refractivity contribution in [2.45, 2.75) is 45.7 Å². The van der Waals surface area contributed by atoms with Crippen molar-refractivity contribution in [2.24, 2.45) is 0 Å². The Morgan fingerprint density at radius 3 is 2.68 bits per heavy atom. The van der Waals surface area contributed by atoms with E-state index in [1.54, 1.807) is 18.7 Å². The van der Waals surface area contributed by atoms with Gasteiger partial charge in [0.1, 0.15) is 11.6 Å². The minimum Gasteiger partial charge on any atom is -0.375 e.